The van der Waals surface area contributed by atoms with Gasteiger partial charge in [0.05, 0.1) is 6.10 Å². The van der Waals surface area contributed by atoms with Crippen LogP contribution in [0, 0.1) is 0 Å². The molecule has 1 aromatic rings. The normalized spacial score (nSPS) is 11.9. The summed E-state index contributed by atoms with van der Waals surface area (Å²) >= 11 is 0. The largest absolute Gasteiger partial charge is 0.447 e. The summed E-state index contributed by atoms with van der Waals surface area (Å²) in [5.74, 6) is 0. The van der Waals surface area contributed by atoms with E-state index in [1.54, 1.807) is 14.1 Å². The predicted octanol–water partition coefficient (Wildman–Crippen LogP) is -0.360. The van der Waals surface area contributed by atoms with Gasteiger partial charge in [-0.25, -0.2) is 9.59 Å². The molecule has 8 heteroatoms. The summed E-state index contributed by atoms with van der Waals surface area (Å²) < 4.78 is 11.6. The number of methoxy groups -OCH3 is 1. The van der Waals surface area contributed by atoms with E-state index in [2.05, 4.69) is 4.98 Å². The topological polar surface area (TPSA) is 93.6 Å². The summed E-state index contributed by atoms with van der Waals surface area (Å²) in [6, 6.07) is 1.27. The molecule has 1 N–H and O–H groups in total. The van der Waals surface area contributed by atoms with E-state index in [0.717, 1.165) is 0 Å². The maximum Gasteiger partial charge on any atom is 0.409 e. The number of hydrogen-bond acceptors (Lipinski definition) is 5. The molecule has 1 unspecified atom stereocenters. The van der Waals surface area contributed by atoms with Crippen molar-refractivity contribution in [1.82, 2.24) is 14.5 Å². The van der Waals surface area contributed by atoms with Gasteiger partial charge in [-0.15, -0.1) is 0 Å². The second-order valence-electron chi connectivity index (χ2n) is 4.42. The molecular formula is C12H19N3O5. The number of amides is 1. The van der Waals surface area contributed by atoms with E-state index in [0.29, 0.717) is 13.0 Å². The van der Waals surface area contributed by atoms with Crippen LogP contribution in [-0.4, -0.2) is 54.5 Å². The third-order valence-corrected chi connectivity index (χ3v) is 2.68. The lowest BCUT2D eigenvalue weighted by molar-refractivity contribution is 0.0203. The number of aromatic amines is 1. The average Bonchev–Trinajstić information content (AvgIpc) is 2.40. The Morgan fingerprint density at radius 3 is 2.70 bits per heavy atom. The fourth-order valence-electron chi connectivity index (χ4n) is 1.47. The summed E-state index contributed by atoms with van der Waals surface area (Å²) in [6.07, 6.45) is 1.12. The molecule has 1 heterocycles. The molecule has 0 radical (unpaired) electrons. The lowest BCUT2D eigenvalue weighted by atomic mass is 10.2. The van der Waals surface area contributed by atoms with E-state index < -0.39 is 17.3 Å². The van der Waals surface area contributed by atoms with Gasteiger partial charge in [-0.1, -0.05) is 0 Å². The zero-order chi connectivity index (χ0) is 15.1. The van der Waals surface area contributed by atoms with Crippen molar-refractivity contribution >= 4 is 6.09 Å². The van der Waals surface area contributed by atoms with Crippen LogP contribution in [0.3, 0.4) is 0 Å². The Bertz CT molecular complexity index is 549. The summed E-state index contributed by atoms with van der Waals surface area (Å²) in [5, 5.41) is 0. The highest BCUT2D eigenvalue weighted by molar-refractivity contribution is 5.66. The molecule has 1 atom stereocenters. The smallest absolute Gasteiger partial charge is 0.409 e. The molecule has 0 spiro atoms. The quantitative estimate of drug-likeness (QED) is 0.770. The van der Waals surface area contributed by atoms with Crippen LogP contribution >= 0.6 is 0 Å². The number of carbonyl (C=O) groups is 1. The van der Waals surface area contributed by atoms with Gasteiger partial charge >= 0.3 is 11.8 Å². The minimum absolute atomic E-state index is 0.103. The molecule has 0 saturated heterocycles. The van der Waals surface area contributed by atoms with E-state index in [9.17, 15) is 14.4 Å². The van der Waals surface area contributed by atoms with E-state index in [1.165, 1.54) is 28.8 Å². The number of hydrogen-bond donors (Lipinski definition) is 1. The number of ether oxygens (including phenoxy) is 2. The van der Waals surface area contributed by atoms with E-state index in [4.69, 9.17) is 9.47 Å². The number of nitrogens with one attached hydrogen (secondary N) is 1. The van der Waals surface area contributed by atoms with Gasteiger partial charge in [-0.3, -0.25) is 9.78 Å². The molecule has 0 aromatic carbocycles. The fraction of sp³-hybridized carbons (Fsp3) is 0.583. The van der Waals surface area contributed by atoms with Crippen LogP contribution in [0.25, 0.3) is 0 Å². The maximum atomic E-state index is 11.5. The zero-order valence-electron chi connectivity index (χ0n) is 11.8. The molecule has 1 aromatic heterocycles. The molecule has 0 aliphatic carbocycles. The first kappa shape index (κ1) is 16.0. The van der Waals surface area contributed by atoms with Crippen LogP contribution in [0.1, 0.15) is 6.42 Å². The molecule has 0 saturated carbocycles. The van der Waals surface area contributed by atoms with Crippen LogP contribution in [-0.2, 0) is 16.0 Å². The van der Waals surface area contributed by atoms with Gasteiger partial charge in [0.1, 0.15) is 6.61 Å². The number of carbonyl (C=O) groups excluding carboxylic acids is 1. The Balaban J connectivity index is 2.51. The average molecular weight is 285 g/mol. The first-order valence-corrected chi connectivity index (χ1v) is 6.10. The molecule has 0 bridgehead atoms. The van der Waals surface area contributed by atoms with Crippen molar-refractivity contribution in [2.75, 3.05) is 27.8 Å². The van der Waals surface area contributed by atoms with Gasteiger partial charge in [-0.2, -0.15) is 0 Å². The minimum Gasteiger partial charge on any atom is -0.447 e. The van der Waals surface area contributed by atoms with Crippen LogP contribution < -0.4 is 11.2 Å². The van der Waals surface area contributed by atoms with Gasteiger partial charge < -0.3 is 18.9 Å². The summed E-state index contributed by atoms with van der Waals surface area (Å²) in [4.78, 5) is 37.2. The Morgan fingerprint density at radius 1 is 1.45 bits per heavy atom. The summed E-state index contributed by atoms with van der Waals surface area (Å²) in [6.45, 7) is 0.458. The number of rotatable bonds is 6. The number of H-pyrrole nitrogens is 1. The third-order valence-electron chi connectivity index (χ3n) is 2.68. The molecule has 8 nitrogen and oxygen atoms in total. The van der Waals surface area contributed by atoms with Gasteiger partial charge in [0.2, 0.25) is 0 Å². The van der Waals surface area contributed by atoms with Crippen molar-refractivity contribution in [2.45, 2.75) is 19.1 Å². The predicted molar refractivity (Wildman–Crippen MR) is 71.8 cm³/mol. The first-order chi connectivity index (χ1) is 9.43. The van der Waals surface area contributed by atoms with Crippen LogP contribution in [0.5, 0.6) is 0 Å². The highest BCUT2D eigenvalue weighted by Crippen LogP contribution is 2.01. The lowest BCUT2D eigenvalue weighted by Gasteiger charge is -2.17. The van der Waals surface area contributed by atoms with Gasteiger partial charge in [0.15, 0.2) is 0 Å². The van der Waals surface area contributed by atoms with Crippen molar-refractivity contribution in [2.24, 2.45) is 0 Å². The van der Waals surface area contributed by atoms with E-state index >= 15 is 0 Å². The second kappa shape index (κ2) is 7.49. The Morgan fingerprint density at radius 2 is 2.15 bits per heavy atom. The number of aromatic nitrogens is 2. The van der Waals surface area contributed by atoms with E-state index in [-0.39, 0.29) is 12.7 Å². The molecule has 0 aliphatic heterocycles. The maximum absolute atomic E-state index is 11.5. The van der Waals surface area contributed by atoms with Crippen LogP contribution in [0.2, 0.25) is 0 Å². The monoisotopic (exact) mass is 285 g/mol. The lowest BCUT2D eigenvalue weighted by Crippen LogP contribution is -2.32. The van der Waals surface area contributed by atoms with E-state index in [1.807, 2.05) is 0 Å². The van der Waals surface area contributed by atoms with Crippen molar-refractivity contribution < 1.29 is 14.3 Å². The molecule has 1 amide bonds. The summed E-state index contributed by atoms with van der Waals surface area (Å²) in [5.41, 5.74) is -0.910. The first-order valence-electron chi connectivity index (χ1n) is 6.10. The standard InChI is InChI=1S/C12H19N3O5/c1-14(2)12(18)20-8-9(19-3)4-6-15-7-5-10(16)13-11(15)17/h5,7,9H,4,6,8H2,1-3H3,(H,13,16,17). The van der Waals surface area contributed by atoms with Gasteiger partial charge in [0, 0.05) is 40.0 Å². The molecule has 20 heavy (non-hydrogen) atoms. The Labute approximate surface area is 115 Å². The van der Waals surface area contributed by atoms with Crippen LogP contribution in [0.15, 0.2) is 21.9 Å². The molecule has 0 aliphatic rings. The highest BCUT2D eigenvalue weighted by atomic mass is 16.6. The molecule has 1 rings (SSSR count). The van der Waals surface area contributed by atoms with Crippen molar-refractivity contribution in [3.05, 3.63) is 33.1 Å². The van der Waals surface area contributed by atoms with Crippen LogP contribution in [0.4, 0.5) is 4.79 Å². The summed E-state index contributed by atoms with van der Waals surface area (Å²) in [7, 11) is 4.68. The number of nitrogens with zero attached hydrogens (tertiary/aromatic N) is 2. The highest BCUT2D eigenvalue weighted by Gasteiger charge is 2.12. The second-order valence-corrected chi connectivity index (χ2v) is 4.42. The third kappa shape index (κ3) is 4.88. The number of aryl methyl sites for hydroxylation is 1. The van der Waals surface area contributed by atoms with Gasteiger partial charge in [0.25, 0.3) is 5.56 Å². The Kier molecular flexibility index (Phi) is 5.98. The Hall–Kier alpha value is -2.09. The fourth-order valence-corrected chi connectivity index (χ4v) is 1.47. The molecular weight excluding hydrogens is 266 g/mol. The minimum atomic E-state index is -0.474. The van der Waals surface area contributed by atoms with Crippen molar-refractivity contribution in [1.29, 1.82) is 0 Å². The zero-order valence-corrected chi connectivity index (χ0v) is 11.8. The van der Waals surface area contributed by atoms with Crippen molar-refractivity contribution in [3.63, 3.8) is 0 Å². The van der Waals surface area contributed by atoms with Gasteiger partial charge in [-0.05, 0) is 6.42 Å². The molecule has 112 valence electrons. The molecule has 0 fully saturated rings. The SMILES string of the molecule is COC(CCn1ccc(=O)[nH]c1=O)COC(=O)N(C)C. The van der Waals surface area contributed by atoms with Crippen molar-refractivity contribution in [3.8, 4) is 0 Å².